The number of hydrogen-bond donors (Lipinski definition) is 1. The molecule has 0 aromatic heterocycles. The second kappa shape index (κ2) is 7.37. The summed E-state index contributed by atoms with van der Waals surface area (Å²) in [6, 6.07) is 5.93. The molecule has 0 bridgehead atoms. The average molecular weight is 329 g/mol. The molecule has 0 amide bonds. The van der Waals surface area contributed by atoms with Gasteiger partial charge >= 0.3 is 11.9 Å². The van der Waals surface area contributed by atoms with Gasteiger partial charge in [-0.25, -0.2) is 12.7 Å². The van der Waals surface area contributed by atoms with E-state index in [2.05, 4.69) is 4.74 Å². The number of carboxylic acid groups (broad SMARTS) is 1. The lowest BCUT2D eigenvalue weighted by molar-refractivity contribution is -0.141. The molecule has 0 radical (unpaired) electrons. The van der Waals surface area contributed by atoms with E-state index in [-0.39, 0.29) is 17.9 Å². The van der Waals surface area contributed by atoms with Crippen LogP contribution in [0.25, 0.3) is 0 Å². The first-order valence-electron chi connectivity index (χ1n) is 6.53. The molecular formula is C14H19NO6S. The van der Waals surface area contributed by atoms with Crippen molar-refractivity contribution >= 4 is 22.0 Å². The number of carbonyl (C=O) groups excluding carboxylic acids is 1. The molecule has 7 nitrogen and oxygen atoms in total. The van der Waals surface area contributed by atoms with Crippen LogP contribution in [0.4, 0.5) is 0 Å². The van der Waals surface area contributed by atoms with Crippen LogP contribution in [-0.4, -0.2) is 50.5 Å². The van der Waals surface area contributed by atoms with Gasteiger partial charge in [0.15, 0.2) is 0 Å². The van der Waals surface area contributed by atoms with Crippen molar-refractivity contribution < 1.29 is 27.9 Å². The zero-order chi connectivity index (χ0) is 16.9. The van der Waals surface area contributed by atoms with Crippen LogP contribution in [0.15, 0.2) is 29.2 Å². The van der Waals surface area contributed by atoms with Crippen molar-refractivity contribution in [3.8, 4) is 0 Å². The number of sulfonamides is 1. The number of methoxy groups -OCH3 is 1. The van der Waals surface area contributed by atoms with Gasteiger partial charge in [0.1, 0.15) is 0 Å². The number of aliphatic carboxylic acids is 1. The second-order valence-electron chi connectivity index (χ2n) is 4.93. The van der Waals surface area contributed by atoms with Crippen molar-refractivity contribution in [2.45, 2.75) is 18.2 Å². The molecule has 122 valence electrons. The molecular weight excluding hydrogens is 310 g/mol. The number of benzene rings is 1. The van der Waals surface area contributed by atoms with Crippen molar-refractivity contribution in [2.24, 2.45) is 5.92 Å². The zero-order valence-electron chi connectivity index (χ0n) is 12.6. The molecule has 22 heavy (non-hydrogen) atoms. The highest BCUT2D eigenvalue weighted by Crippen LogP contribution is 2.17. The highest BCUT2D eigenvalue weighted by Gasteiger charge is 2.25. The molecule has 0 spiro atoms. The Kier molecular flexibility index (Phi) is 6.07. The lowest BCUT2D eigenvalue weighted by Crippen LogP contribution is -2.33. The van der Waals surface area contributed by atoms with Crippen molar-refractivity contribution in [3.05, 3.63) is 29.8 Å². The van der Waals surface area contributed by atoms with E-state index in [9.17, 15) is 18.0 Å². The summed E-state index contributed by atoms with van der Waals surface area (Å²) in [6.45, 7) is 1.29. The maximum atomic E-state index is 12.4. The first kappa shape index (κ1) is 18.1. The van der Waals surface area contributed by atoms with Gasteiger partial charge in [0.25, 0.3) is 0 Å². The fourth-order valence-electron chi connectivity index (χ4n) is 1.80. The van der Waals surface area contributed by atoms with Crippen LogP contribution >= 0.6 is 0 Å². The number of esters is 1. The van der Waals surface area contributed by atoms with Crippen LogP contribution in [0.5, 0.6) is 0 Å². The zero-order valence-corrected chi connectivity index (χ0v) is 13.5. The van der Waals surface area contributed by atoms with Gasteiger partial charge in [-0.05, 0) is 17.7 Å². The minimum atomic E-state index is -3.81. The summed E-state index contributed by atoms with van der Waals surface area (Å²) in [6.07, 6.45) is -0.0326. The Hall–Kier alpha value is -1.93. The van der Waals surface area contributed by atoms with E-state index in [4.69, 9.17) is 5.11 Å². The third kappa shape index (κ3) is 4.54. The van der Waals surface area contributed by atoms with Gasteiger partial charge in [0.2, 0.25) is 10.0 Å². The van der Waals surface area contributed by atoms with E-state index in [1.165, 1.54) is 39.3 Å². The van der Waals surface area contributed by atoms with Gasteiger partial charge in [0.05, 0.1) is 24.3 Å². The second-order valence-corrected chi connectivity index (χ2v) is 6.97. The van der Waals surface area contributed by atoms with Crippen LogP contribution in [-0.2, 0) is 30.8 Å². The number of ether oxygens (including phenoxy) is 1. The smallest absolute Gasteiger partial charge is 0.309 e. The van der Waals surface area contributed by atoms with E-state index in [1.807, 2.05) is 0 Å². The minimum Gasteiger partial charge on any atom is -0.481 e. The van der Waals surface area contributed by atoms with Crippen molar-refractivity contribution in [3.63, 3.8) is 0 Å². The molecule has 1 atom stereocenters. The maximum Gasteiger partial charge on any atom is 0.309 e. The highest BCUT2D eigenvalue weighted by atomic mass is 32.2. The number of nitrogens with zero attached hydrogens (tertiary/aromatic N) is 1. The van der Waals surface area contributed by atoms with Crippen molar-refractivity contribution in [2.75, 3.05) is 20.7 Å². The molecule has 1 unspecified atom stereocenters. The fraction of sp³-hybridized carbons (Fsp3) is 0.429. The third-order valence-corrected chi connectivity index (χ3v) is 4.95. The molecule has 8 heteroatoms. The molecule has 0 aliphatic heterocycles. The largest absolute Gasteiger partial charge is 0.481 e. The molecule has 1 aromatic carbocycles. The third-order valence-electron chi connectivity index (χ3n) is 3.14. The van der Waals surface area contributed by atoms with Gasteiger partial charge in [-0.15, -0.1) is 0 Å². The monoisotopic (exact) mass is 329 g/mol. The summed E-state index contributed by atoms with van der Waals surface area (Å²) in [7, 11) is -1.24. The van der Waals surface area contributed by atoms with Crippen LogP contribution in [0.1, 0.15) is 12.5 Å². The van der Waals surface area contributed by atoms with Crippen LogP contribution in [0.3, 0.4) is 0 Å². The van der Waals surface area contributed by atoms with Crippen LogP contribution < -0.4 is 0 Å². The number of rotatable bonds is 7. The predicted octanol–water partition coefficient (Wildman–Crippen LogP) is 0.743. The topological polar surface area (TPSA) is 101 Å². The summed E-state index contributed by atoms with van der Waals surface area (Å²) in [5.41, 5.74) is 0.507. The quantitative estimate of drug-likeness (QED) is 0.741. The Morgan fingerprint density at radius 3 is 2.55 bits per heavy atom. The first-order chi connectivity index (χ1) is 10.2. The Labute approximate surface area is 129 Å². The molecule has 0 aliphatic rings. The summed E-state index contributed by atoms with van der Waals surface area (Å²) < 4.78 is 30.4. The molecule has 1 N–H and O–H groups in total. The molecule has 1 rings (SSSR count). The molecule has 0 fully saturated rings. The van der Waals surface area contributed by atoms with Gasteiger partial charge in [-0.1, -0.05) is 19.1 Å². The van der Waals surface area contributed by atoms with Gasteiger partial charge in [-0.3, -0.25) is 9.59 Å². The van der Waals surface area contributed by atoms with E-state index in [0.717, 1.165) is 4.31 Å². The fourth-order valence-corrected chi connectivity index (χ4v) is 3.13. The summed E-state index contributed by atoms with van der Waals surface area (Å²) in [5, 5.41) is 8.86. The van der Waals surface area contributed by atoms with Crippen molar-refractivity contribution in [1.82, 2.24) is 4.31 Å². The summed E-state index contributed by atoms with van der Waals surface area (Å²) in [5.74, 6) is -2.36. The maximum absolute atomic E-state index is 12.4. The number of carbonyl (C=O) groups is 2. The Balaban J connectivity index is 3.00. The van der Waals surface area contributed by atoms with Gasteiger partial charge < -0.3 is 9.84 Å². The number of hydrogen-bond acceptors (Lipinski definition) is 5. The van der Waals surface area contributed by atoms with Crippen LogP contribution in [0.2, 0.25) is 0 Å². The molecule has 1 aromatic rings. The minimum absolute atomic E-state index is 0.00833. The van der Waals surface area contributed by atoms with E-state index >= 15 is 0 Å². The predicted molar refractivity (Wildman–Crippen MR) is 78.8 cm³/mol. The average Bonchev–Trinajstić information content (AvgIpc) is 2.47. The summed E-state index contributed by atoms with van der Waals surface area (Å²) in [4.78, 5) is 22.1. The SMILES string of the molecule is COC(=O)Cc1cccc(S(=O)(=O)N(C)CC(C)C(=O)O)c1. The standard InChI is InChI=1S/C14H19NO6S/c1-10(14(17)18)9-15(2)22(19,20)12-6-4-5-11(7-12)8-13(16)21-3/h4-7,10H,8-9H2,1-3H3,(H,17,18). The van der Waals surface area contributed by atoms with Crippen molar-refractivity contribution in [1.29, 1.82) is 0 Å². The molecule has 0 saturated carbocycles. The van der Waals surface area contributed by atoms with Crippen LogP contribution in [0, 0.1) is 5.92 Å². The molecule has 0 heterocycles. The van der Waals surface area contributed by atoms with E-state index in [1.54, 1.807) is 6.07 Å². The molecule has 0 saturated heterocycles. The van der Waals surface area contributed by atoms with Gasteiger partial charge in [0, 0.05) is 13.6 Å². The Bertz CT molecular complexity index is 655. The first-order valence-corrected chi connectivity index (χ1v) is 7.97. The van der Waals surface area contributed by atoms with E-state index < -0.39 is 27.9 Å². The Morgan fingerprint density at radius 1 is 1.36 bits per heavy atom. The lowest BCUT2D eigenvalue weighted by Gasteiger charge is -2.19. The highest BCUT2D eigenvalue weighted by molar-refractivity contribution is 7.89. The summed E-state index contributed by atoms with van der Waals surface area (Å²) >= 11 is 0. The lowest BCUT2D eigenvalue weighted by atomic mass is 10.1. The normalized spacial score (nSPS) is 12.9. The Morgan fingerprint density at radius 2 is 2.00 bits per heavy atom. The molecule has 0 aliphatic carbocycles. The van der Waals surface area contributed by atoms with Gasteiger partial charge in [-0.2, -0.15) is 0 Å². The van der Waals surface area contributed by atoms with E-state index in [0.29, 0.717) is 5.56 Å². The number of carboxylic acids is 1.